The predicted octanol–water partition coefficient (Wildman–Crippen LogP) is 2.21. The Labute approximate surface area is 118 Å². The summed E-state index contributed by atoms with van der Waals surface area (Å²) >= 11 is 7.10. The van der Waals surface area contributed by atoms with Gasteiger partial charge >= 0.3 is 5.97 Å². The molecule has 0 aliphatic carbocycles. The first-order valence-electron chi connectivity index (χ1n) is 5.71. The molecule has 2 heterocycles. The molecular weight excluding hydrogens is 286 g/mol. The predicted molar refractivity (Wildman–Crippen MR) is 72.7 cm³/mol. The number of hydrogen-bond acceptors (Lipinski definition) is 5. The molecule has 1 unspecified atom stereocenters. The van der Waals surface area contributed by atoms with Crippen LogP contribution in [0.15, 0.2) is 24.3 Å². The van der Waals surface area contributed by atoms with Crippen molar-refractivity contribution in [2.24, 2.45) is 0 Å². The highest BCUT2D eigenvalue weighted by Crippen LogP contribution is 2.34. The number of rotatable bonds is 3. The van der Waals surface area contributed by atoms with Gasteiger partial charge in [-0.05, 0) is 11.6 Å². The summed E-state index contributed by atoms with van der Waals surface area (Å²) in [6.45, 7) is 0.364. The number of aromatic nitrogens is 2. The third-order valence-corrected chi connectivity index (χ3v) is 4.19. The average Bonchev–Trinajstić information content (AvgIpc) is 2.95. The number of hydrogen-bond donors (Lipinski definition) is 1. The van der Waals surface area contributed by atoms with E-state index >= 15 is 0 Å². The molecule has 1 atom stereocenters. The van der Waals surface area contributed by atoms with Crippen LogP contribution in [0, 0.1) is 0 Å². The van der Waals surface area contributed by atoms with E-state index in [-0.39, 0.29) is 0 Å². The Morgan fingerprint density at radius 1 is 1.53 bits per heavy atom. The van der Waals surface area contributed by atoms with Crippen LogP contribution >= 0.6 is 23.1 Å². The van der Waals surface area contributed by atoms with Crippen molar-refractivity contribution in [3.8, 4) is 0 Å². The summed E-state index contributed by atoms with van der Waals surface area (Å²) in [5, 5.41) is 13.3. The number of para-hydroxylation sites is 1. The summed E-state index contributed by atoms with van der Waals surface area (Å²) in [7, 11) is 0. The van der Waals surface area contributed by atoms with E-state index in [9.17, 15) is 9.90 Å². The van der Waals surface area contributed by atoms with Crippen LogP contribution in [-0.4, -0.2) is 26.7 Å². The molecule has 2 aromatic rings. The zero-order valence-corrected chi connectivity index (χ0v) is 11.4. The smallest absolute Gasteiger partial charge is 0.326 e. The maximum atomic E-state index is 11.4. The molecule has 1 aromatic carbocycles. The Bertz CT molecular complexity index is 631. The SMILES string of the molecule is O=C(O)C1Cc2ccccc2N1Cc1nnsc1Cl. The summed E-state index contributed by atoms with van der Waals surface area (Å²) in [6, 6.07) is 7.11. The van der Waals surface area contributed by atoms with E-state index in [0.29, 0.717) is 23.0 Å². The highest BCUT2D eigenvalue weighted by Gasteiger charge is 2.34. The number of fused-ring (bicyclic) bond motifs is 1. The largest absolute Gasteiger partial charge is 0.480 e. The zero-order valence-electron chi connectivity index (χ0n) is 9.78. The molecule has 1 N–H and O–H groups in total. The quantitative estimate of drug-likeness (QED) is 0.940. The number of benzene rings is 1. The van der Waals surface area contributed by atoms with Crippen LogP contribution in [0.4, 0.5) is 5.69 Å². The highest BCUT2D eigenvalue weighted by molar-refractivity contribution is 7.10. The Balaban J connectivity index is 1.96. The van der Waals surface area contributed by atoms with Gasteiger partial charge in [-0.3, -0.25) is 0 Å². The van der Waals surface area contributed by atoms with E-state index in [0.717, 1.165) is 22.8 Å². The molecule has 0 bridgehead atoms. The molecule has 0 saturated heterocycles. The lowest BCUT2D eigenvalue weighted by Crippen LogP contribution is -2.38. The van der Waals surface area contributed by atoms with Gasteiger partial charge in [-0.2, -0.15) is 0 Å². The van der Waals surface area contributed by atoms with Crippen LogP contribution in [0.25, 0.3) is 0 Å². The third-order valence-electron chi connectivity index (χ3n) is 3.21. The Kier molecular flexibility index (Phi) is 3.12. The van der Waals surface area contributed by atoms with Crippen molar-refractivity contribution < 1.29 is 9.90 Å². The van der Waals surface area contributed by atoms with E-state index in [2.05, 4.69) is 9.59 Å². The van der Waals surface area contributed by atoms with Crippen molar-refractivity contribution in [2.75, 3.05) is 4.90 Å². The number of halogens is 1. The first kappa shape index (κ1) is 12.4. The molecule has 5 nitrogen and oxygen atoms in total. The molecule has 0 fully saturated rings. The minimum atomic E-state index is -0.837. The molecule has 1 aliphatic rings. The van der Waals surface area contributed by atoms with Crippen LogP contribution in [0.3, 0.4) is 0 Å². The molecule has 98 valence electrons. The number of carboxylic acid groups (broad SMARTS) is 1. The molecular formula is C12H10ClN3O2S. The van der Waals surface area contributed by atoms with Gasteiger partial charge in [0.05, 0.1) is 6.54 Å². The van der Waals surface area contributed by atoms with E-state index in [1.165, 1.54) is 0 Å². The molecule has 19 heavy (non-hydrogen) atoms. The van der Waals surface area contributed by atoms with Crippen LogP contribution in [-0.2, 0) is 17.8 Å². The molecule has 0 saturated carbocycles. The molecule has 1 aliphatic heterocycles. The lowest BCUT2D eigenvalue weighted by atomic mass is 10.1. The van der Waals surface area contributed by atoms with Gasteiger partial charge in [0.2, 0.25) is 0 Å². The van der Waals surface area contributed by atoms with Crippen molar-refractivity contribution in [1.29, 1.82) is 0 Å². The number of aliphatic carboxylic acids is 1. The highest BCUT2D eigenvalue weighted by atomic mass is 35.5. The molecule has 0 radical (unpaired) electrons. The fraction of sp³-hybridized carbons (Fsp3) is 0.250. The third kappa shape index (κ3) is 2.17. The lowest BCUT2D eigenvalue weighted by Gasteiger charge is -2.23. The van der Waals surface area contributed by atoms with E-state index in [1.807, 2.05) is 29.2 Å². The second-order valence-corrected chi connectivity index (χ2v) is 5.66. The fourth-order valence-corrected chi connectivity index (χ4v) is 2.93. The summed E-state index contributed by atoms with van der Waals surface area (Å²) in [5.74, 6) is -0.837. The molecule has 0 amide bonds. The first-order valence-corrected chi connectivity index (χ1v) is 6.86. The van der Waals surface area contributed by atoms with Crippen LogP contribution in [0.1, 0.15) is 11.3 Å². The van der Waals surface area contributed by atoms with Crippen LogP contribution in [0.2, 0.25) is 4.34 Å². The van der Waals surface area contributed by atoms with Gasteiger partial charge in [0.15, 0.2) is 0 Å². The van der Waals surface area contributed by atoms with Crippen molar-refractivity contribution in [1.82, 2.24) is 9.59 Å². The Morgan fingerprint density at radius 3 is 3.00 bits per heavy atom. The van der Waals surface area contributed by atoms with Gasteiger partial charge in [-0.25, -0.2) is 4.79 Å². The summed E-state index contributed by atoms with van der Waals surface area (Å²) < 4.78 is 4.28. The van der Waals surface area contributed by atoms with E-state index < -0.39 is 12.0 Å². The van der Waals surface area contributed by atoms with Gasteiger partial charge in [0.25, 0.3) is 0 Å². The van der Waals surface area contributed by atoms with Crippen LogP contribution in [0.5, 0.6) is 0 Å². The normalized spacial score (nSPS) is 17.5. The van der Waals surface area contributed by atoms with Gasteiger partial charge in [-0.15, -0.1) is 5.10 Å². The van der Waals surface area contributed by atoms with Gasteiger partial charge in [0.1, 0.15) is 16.1 Å². The second kappa shape index (κ2) is 4.79. The number of anilines is 1. The first-order chi connectivity index (χ1) is 9.16. The Hall–Kier alpha value is -1.66. The average molecular weight is 296 g/mol. The van der Waals surface area contributed by atoms with Crippen molar-refractivity contribution in [3.05, 3.63) is 39.9 Å². The van der Waals surface area contributed by atoms with Crippen LogP contribution < -0.4 is 4.90 Å². The Morgan fingerprint density at radius 2 is 2.32 bits per heavy atom. The maximum Gasteiger partial charge on any atom is 0.326 e. The molecule has 3 rings (SSSR count). The standard InChI is InChI=1S/C12H10ClN3O2S/c13-11-8(14-15-19-11)6-16-9-4-2-1-3-7(9)5-10(16)12(17)18/h1-4,10H,5-6H2,(H,17,18). The van der Waals surface area contributed by atoms with Crippen molar-refractivity contribution >= 4 is 34.8 Å². The summed E-state index contributed by atoms with van der Waals surface area (Å²) in [4.78, 5) is 13.2. The molecule has 1 aromatic heterocycles. The lowest BCUT2D eigenvalue weighted by molar-refractivity contribution is -0.138. The van der Waals surface area contributed by atoms with Crippen molar-refractivity contribution in [2.45, 2.75) is 19.0 Å². The van der Waals surface area contributed by atoms with E-state index in [4.69, 9.17) is 11.6 Å². The fourth-order valence-electron chi connectivity index (χ4n) is 2.32. The molecule has 0 spiro atoms. The van der Waals surface area contributed by atoms with E-state index in [1.54, 1.807) is 0 Å². The maximum absolute atomic E-state index is 11.4. The zero-order chi connectivity index (χ0) is 13.4. The summed E-state index contributed by atoms with van der Waals surface area (Å²) in [5.41, 5.74) is 2.59. The topological polar surface area (TPSA) is 66.3 Å². The molecule has 7 heteroatoms. The van der Waals surface area contributed by atoms with Crippen molar-refractivity contribution in [3.63, 3.8) is 0 Å². The number of carbonyl (C=O) groups is 1. The minimum absolute atomic E-state index is 0.364. The summed E-state index contributed by atoms with van der Waals surface area (Å²) in [6.07, 6.45) is 0.501. The van der Waals surface area contributed by atoms with Gasteiger partial charge in [-0.1, -0.05) is 34.3 Å². The minimum Gasteiger partial charge on any atom is -0.480 e. The van der Waals surface area contributed by atoms with Gasteiger partial charge < -0.3 is 10.0 Å². The second-order valence-electron chi connectivity index (χ2n) is 4.31. The number of nitrogens with zero attached hydrogens (tertiary/aromatic N) is 3. The van der Waals surface area contributed by atoms with Gasteiger partial charge in [0, 0.05) is 23.6 Å². The monoisotopic (exact) mass is 295 g/mol. The number of carboxylic acids is 1.